The van der Waals surface area contributed by atoms with Gasteiger partial charge in [0.2, 0.25) is 11.8 Å². The summed E-state index contributed by atoms with van der Waals surface area (Å²) in [6, 6.07) is 0. The van der Waals surface area contributed by atoms with E-state index in [2.05, 4.69) is 19.2 Å². The first-order valence-corrected chi connectivity index (χ1v) is 6.15. The van der Waals surface area contributed by atoms with Crippen molar-refractivity contribution in [1.82, 2.24) is 10.2 Å². The number of hydrogen-bond acceptors (Lipinski definition) is 3. The van der Waals surface area contributed by atoms with Crippen molar-refractivity contribution in [2.75, 3.05) is 19.6 Å². The minimum absolute atomic E-state index is 0.000101. The van der Waals surface area contributed by atoms with Crippen molar-refractivity contribution in [3.8, 4) is 0 Å². The Bertz CT molecular complexity index is 235. The minimum atomic E-state index is 0.000101. The molecule has 0 aromatic carbocycles. The van der Waals surface area contributed by atoms with Gasteiger partial charge >= 0.3 is 0 Å². The summed E-state index contributed by atoms with van der Waals surface area (Å²) in [4.78, 5) is 24.3. The molecule has 0 bridgehead atoms. The molecular formula is C12H22N2O2. The predicted octanol–water partition coefficient (Wildman–Crippen LogP) is 1.16. The van der Waals surface area contributed by atoms with Crippen LogP contribution >= 0.6 is 0 Å². The maximum absolute atomic E-state index is 11.5. The van der Waals surface area contributed by atoms with Crippen LogP contribution in [0.5, 0.6) is 0 Å². The van der Waals surface area contributed by atoms with Crippen LogP contribution in [0.1, 0.15) is 39.5 Å². The molecule has 1 rings (SSSR count). The van der Waals surface area contributed by atoms with E-state index in [9.17, 15) is 9.59 Å². The van der Waals surface area contributed by atoms with E-state index < -0.39 is 0 Å². The van der Waals surface area contributed by atoms with Crippen molar-refractivity contribution in [2.45, 2.75) is 39.5 Å². The number of carbonyl (C=O) groups is 2. The van der Waals surface area contributed by atoms with Crippen LogP contribution in [0.4, 0.5) is 0 Å². The summed E-state index contributed by atoms with van der Waals surface area (Å²) in [5, 5.41) is 3.30. The number of nitrogens with one attached hydrogen (secondary N) is 1. The second-order valence-corrected chi connectivity index (χ2v) is 4.74. The third-order valence-electron chi connectivity index (χ3n) is 2.67. The van der Waals surface area contributed by atoms with Crippen LogP contribution in [0.15, 0.2) is 0 Å². The van der Waals surface area contributed by atoms with Gasteiger partial charge in [-0.3, -0.25) is 14.5 Å². The molecule has 0 aromatic heterocycles. The van der Waals surface area contributed by atoms with Crippen molar-refractivity contribution in [3.63, 3.8) is 0 Å². The number of hydrogen-bond donors (Lipinski definition) is 1. The van der Waals surface area contributed by atoms with Crippen LogP contribution in [0.3, 0.4) is 0 Å². The molecule has 4 nitrogen and oxygen atoms in total. The third kappa shape index (κ3) is 4.31. The highest BCUT2D eigenvalue weighted by molar-refractivity contribution is 5.97. The highest BCUT2D eigenvalue weighted by atomic mass is 16.2. The summed E-state index contributed by atoms with van der Waals surface area (Å²) < 4.78 is 0. The van der Waals surface area contributed by atoms with Crippen LogP contribution < -0.4 is 5.32 Å². The summed E-state index contributed by atoms with van der Waals surface area (Å²) in [6.07, 6.45) is 2.64. The zero-order valence-corrected chi connectivity index (χ0v) is 10.3. The first-order chi connectivity index (χ1) is 7.61. The molecule has 0 aliphatic carbocycles. The van der Waals surface area contributed by atoms with Crippen LogP contribution in [-0.4, -0.2) is 36.3 Å². The van der Waals surface area contributed by atoms with Gasteiger partial charge in [0.15, 0.2) is 0 Å². The second-order valence-electron chi connectivity index (χ2n) is 4.74. The molecule has 0 spiro atoms. The normalized spacial score (nSPS) is 17.3. The molecule has 16 heavy (non-hydrogen) atoms. The van der Waals surface area contributed by atoms with Crippen molar-refractivity contribution < 1.29 is 9.59 Å². The number of piperidine rings is 1. The van der Waals surface area contributed by atoms with Gasteiger partial charge in [-0.05, 0) is 31.8 Å². The first-order valence-electron chi connectivity index (χ1n) is 6.15. The number of rotatable bonds is 6. The number of likely N-dealkylation sites (tertiary alicyclic amines) is 1. The number of nitrogens with zero attached hydrogens (tertiary/aromatic N) is 1. The molecule has 4 heteroatoms. The van der Waals surface area contributed by atoms with Gasteiger partial charge in [-0.2, -0.15) is 0 Å². The predicted molar refractivity (Wildman–Crippen MR) is 62.9 cm³/mol. The average Bonchev–Trinajstić information content (AvgIpc) is 2.21. The van der Waals surface area contributed by atoms with Crippen LogP contribution in [0, 0.1) is 5.92 Å². The molecule has 1 saturated heterocycles. The second kappa shape index (κ2) is 6.63. The Labute approximate surface area is 97.4 Å². The van der Waals surface area contributed by atoms with E-state index in [-0.39, 0.29) is 11.8 Å². The van der Waals surface area contributed by atoms with Gasteiger partial charge < -0.3 is 5.32 Å². The lowest BCUT2D eigenvalue weighted by Gasteiger charge is -2.24. The Hall–Kier alpha value is -0.900. The third-order valence-corrected chi connectivity index (χ3v) is 2.67. The highest BCUT2D eigenvalue weighted by Crippen LogP contribution is 2.12. The van der Waals surface area contributed by atoms with Gasteiger partial charge in [-0.25, -0.2) is 0 Å². The van der Waals surface area contributed by atoms with Crippen molar-refractivity contribution >= 4 is 11.8 Å². The van der Waals surface area contributed by atoms with E-state index in [0.29, 0.717) is 25.3 Å². The Morgan fingerprint density at radius 2 is 1.88 bits per heavy atom. The average molecular weight is 226 g/mol. The minimum Gasteiger partial charge on any atom is -0.316 e. The largest absolute Gasteiger partial charge is 0.316 e. The molecule has 1 heterocycles. The Morgan fingerprint density at radius 1 is 1.25 bits per heavy atom. The molecule has 1 aliphatic heterocycles. The monoisotopic (exact) mass is 226 g/mol. The lowest BCUT2D eigenvalue weighted by Crippen LogP contribution is -2.41. The molecule has 1 N–H and O–H groups in total. The van der Waals surface area contributed by atoms with Crippen molar-refractivity contribution in [2.24, 2.45) is 5.92 Å². The number of amides is 2. The first kappa shape index (κ1) is 13.2. The Morgan fingerprint density at radius 3 is 2.44 bits per heavy atom. The van der Waals surface area contributed by atoms with E-state index in [1.807, 2.05) is 0 Å². The highest BCUT2D eigenvalue weighted by Gasteiger charge is 2.24. The SMILES string of the molecule is CC(C)CNCCCN1C(=O)CCCC1=O. The van der Waals surface area contributed by atoms with E-state index >= 15 is 0 Å². The molecule has 0 radical (unpaired) electrons. The molecule has 0 unspecified atom stereocenters. The zero-order valence-electron chi connectivity index (χ0n) is 10.3. The topological polar surface area (TPSA) is 49.4 Å². The van der Waals surface area contributed by atoms with Gasteiger partial charge in [-0.1, -0.05) is 13.8 Å². The molecular weight excluding hydrogens is 204 g/mol. The van der Waals surface area contributed by atoms with E-state index in [1.54, 1.807) is 0 Å². The lowest BCUT2D eigenvalue weighted by molar-refractivity contribution is -0.147. The van der Waals surface area contributed by atoms with E-state index in [4.69, 9.17) is 0 Å². The van der Waals surface area contributed by atoms with Gasteiger partial charge in [-0.15, -0.1) is 0 Å². The maximum atomic E-state index is 11.5. The fourth-order valence-corrected chi connectivity index (χ4v) is 1.80. The molecule has 2 amide bonds. The Balaban J connectivity index is 2.16. The van der Waals surface area contributed by atoms with Gasteiger partial charge in [0.05, 0.1) is 0 Å². The molecule has 1 aliphatic rings. The Kier molecular flexibility index (Phi) is 5.46. The summed E-state index contributed by atoms with van der Waals surface area (Å²) in [7, 11) is 0. The molecule has 0 saturated carbocycles. The van der Waals surface area contributed by atoms with Gasteiger partial charge in [0, 0.05) is 19.4 Å². The molecule has 92 valence electrons. The summed E-state index contributed by atoms with van der Waals surface area (Å²) >= 11 is 0. The van der Waals surface area contributed by atoms with Crippen LogP contribution in [0.25, 0.3) is 0 Å². The maximum Gasteiger partial charge on any atom is 0.229 e. The molecule has 0 atom stereocenters. The smallest absolute Gasteiger partial charge is 0.229 e. The fraction of sp³-hybridized carbons (Fsp3) is 0.833. The van der Waals surface area contributed by atoms with Crippen LogP contribution in [0.2, 0.25) is 0 Å². The zero-order chi connectivity index (χ0) is 12.0. The fourth-order valence-electron chi connectivity index (χ4n) is 1.80. The molecule has 1 fully saturated rings. The molecule has 0 aromatic rings. The lowest BCUT2D eigenvalue weighted by atomic mass is 10.1. The number of carbonyl (C=O) groups excluding carboxylic acids is 2. The van der Waals surface area contributed by atoms with Crippen molar-refractivity contribution in [3.05, 3.63) is 0 Å². The van der Waals surface area contributed by atoms with E-state index in [1.165, 1.54) is 4.90 Å². The summed E-state index contributed by atoms with van der Waals surface area (Å²) in [6.45, 7) is 6.75. The standard InChI is InChI=1S/C12H22N2O2/c1-10(2)9-13-7-4-8-14-11(15)5-3-6-12(14)16/h10,13H,3-9H2,1-2H3. The van der Waals surface area contributed by atoms with Crippen LogP contribution in [-0.2, 0) is 9.59 Å². The quantitative estimate of drug-likeness (QED) is 0.546. The summed E-state index contributed by atoms with van der Waals surface area (Å²) in [5.74, 6) is 0.637. The van der Waals surface area contributed by atoms with Crippen molar-refractivity contribution in [1.29, 1.82) is 0 Å². The van der Waals surface area contributed by atoms with Gasteiger partial charge in [0.1, 0.15) is 0 Å². The number of imide groups is 1. The summed E-state index contributed by atoms with van der Waals surface area (Å²) in [5.41, 5.74) is 0. The van der Waals surface area contributed by atoms with Gasteiger partial charge in [0.25, 0.3) is 0 Å². The van der Waals surface area contributed by atoms with E-state index in [0.717, 1.165) is 25.9 Å².